The third kappa shape index (κ3) is 2.52. The SMILES string of the molecule is Cc1c(Cc2ccc(F)cc2)c(=O)oc2cc(O)ccc12. The first-order valence-corrected chi connectivity index (χ1v) is 6.54. The van der Waals surface area contributed by atoms with Gasteiger partial charge in [0.15, 0.2) is 0 Å². The van der Waals surface area contributed by atoms with Crippen LogP contribution in [0, 0.1) is 12.7 Å². The minimum absolute atomic E-state index is 0.0522. The molecule has 3 nitrogen and oxygen atoms in total. The zero-order valence-electron chi connectivity index (χ0n) is 11.4. The minimum atomic E-state index is -0.435. The van der Waals surface area contributed by atoms with E-state index in [0.717, 1.165) is 16.5 Å². The lowest BCUT2D eigenvalue weighted by molar-refractivity contribution is 0.472. The van der Waals surface area contributed by atoms with Gasteiger partial charge in [-0.1, -0.05) is 12.1 Å². The molecule has 0 amide bonds. The number of hydrogen-bond acceptors (Lipinski definition) is 3. The van der Waals surface area contributed by atoms with Gasteiger partial charge in [0.1, 0.15) is 17.1 Å². The fourth-order valence-electron chi connectivity index (χ4n) is 2.39. The molecule has 0 saturated carbocycles. The molecule has 0 aliphatic heterocycles. The fraction of sp³-hybridized carbons (Fsp3) is 0.118. The van der Waals surface area contributed by atoms with Gasteiger partial charge < -0.3 is 9.52 Å². The summed E-state index contributed by atoms with van der Waals surface area (Å²) in [6.45, 7) is 1.84. The number of phenolic OH excluding ortho intramolecular Hbond substituents is 1. The van der Waals surface area contributed by atoms with Gasteiger partial charge in [-0.05, 0) is 42.3 Å². The second kappa shape index (κ2) is 5.05. The van der Waals surface area contributed by atoms with E-state index in [4.69, 9.17) is 4.42 Å². The van der Waals surface area contributed by atoms with Crippen LogP contribution in [0.1, 0.15) is 16.7 Å². The molecule has 3 aromatic rings. The summed E-state index contributed by atoms with van der Waals surface area (Å²) < 4.78 is 18.2. The largest absolute Gasteiger partial charge is 0.508 e. The van der Waals surface area contributed by atoms with Gasteiger partial charge in [-0.25, -0.2) is 9.18 Å². The van der Waals surface area contributed by atoms with E-state index in [-0.39, 0.29) is 11.6 Å². The van der Waals surface area contributed by atoms with Gasteiger partial charge in [0.2, 0.25) is 0 Å². The number of fused-ring (bicyclic) bond motifs is 1. The van der Waals surface area contributed by atoms with Crippen molar-refractivity contribution in [3.05, 3.63) is 75.4 Å². The summed E-state index contributed by atoms with van der Waals surface area (Å²) in [4.78, 5) is 12.1. The quantitative estimate of drug-likeness (QED) is 0.732. The maximum absolute atomic E-state index is 12.9. The molecule has 0 saturated heterocycles. The molecule has 0 atom stereocenters. The van der Waals surface area contributed by atoms with Crippen molar-refractivity contribution in [2.75, 3.05) is 0 Å². The molecule has 0 radical (unpaired) electrons. The lowest BCUT2D eigenvalue weighted by Gasteiger charge is -2.08. The molecule has 2 aromatic carbocycles. The van der Waals surface area contributed by atoms with Crippen molar-refractivity contribution in [1.82, 2.24) is 0 Å². The second-order valence-electron chi connectivity index (χ2n) is 4.98. The fourth-order valence-corrected chi connectivity index (χ4v) is 2.39. The summed E-state index contributed by atoms with van der Waals surface area (Å²) in [5.41, 5.74) is 2.12. The predicted octanol–water partition coefficient (Wildman–Crippen LogP) is 3.54. The van der Waals surface area contributed by atoms with Crippen LogP contribution in [0.5, 0.6) is 5.75 Å². The number of halogens is 1. The lowest BCUT2D eigenvalue weighted by Crippen LogP contribution is -2.10. The zero-order chi connectivity index (χ0) is 15.0. The van der Waals surface area contributed by atoms with Crippen molar-refractivity contribution in [2.45, 2.75) is 13.3 Å². The highest BCUT2D eigenvalue weighted by molar-refractivity contribution is 5.82. The Kier molecular flexibility index (Phi) is 3.22. The molecule has 0 aliphatic rings. The van der Waals surface area contributed by atoms with Crippen molar-refractivity contribution in [2.24, 2.45) is 0 Å². The van der Waals surface area contributed by atoms with E-state index < -0.39 is 5.63 Å². The monoisotopic (exact) mass is 284 g/mol. The van der Waals surface area contributed by atoms with Crippen LogP contribution >= 0.6 is 0 Å². The van der Waals surface area contributed by atoms with E-state index in [0.29, 0.717) is 17.6 Å². The molecule has 1 N–H and O–H groups in total. The van der Waals surface area contributed by atoms with Crippen molar-refractivity contribution >= 4 is 11.0 Å². The van der Waals surface area contributed by atoms with Crippen molar-refractivity contribution in [3.8, 4) is 5.75 Å². The molecular weight excluding hydrogens is 271 g/mol. The molecule has 4 heteroatoms. The topological polar surface area (TPSA) is 50.4 Å². The summed E-state index contributed by atoms with van der Waals surface area (Å²) in [6.07, 6.45) is 0.380. The van der Waals surface area contributed by atoms with Crippen molar-refractivity contribution in [1.29, 1.82) is 0 Å². The molecule has 1 aromatic heterocycles. The summed E-state index contributed by atoms with van der Waals surface area (Å²) in [5, 5.41) is 10.2. The standard InChI is InChI=1S/C17H13FO3/c1-10-14-7-6-13(19)9-16(14)21-17(20)15(10)8-11-2-4-12(18)5-3-11/h2-7,9,19H,8H2,1H3. The van der Waals surface area contributed by atoms with E-state index in [1.54, 1.807) is 24.3 Å². The number of aromatic hydroxyl groups is 1. The molecule has 0 bridgehead atoms. The normalized spacial score (nSPS) is 11.0. The van der Waals surface area contributed by atoms with Crippen LogP contribution in [-0.4, -0.2) is 5.11 Å². The van der Waals surface area contributed by atoms with Gasteiger partial charge >= 0.3 is 5.63 Å². The summed E-state index contributed by atoms with van der Waals surface area (Å²) in [5.74, 6) is -0.257. The van der Waals surface area contributed by atoms with Crippen molar-refractivity contribution in [3.63, 3.8) is 0 Å². The Labute approximate surface area is 120 Å². The first kappa shape index (κ1) is 13.4. The van der Waals surface area contributed by atoms with Gasteiger partial charge in [0, 0.05) is 23.4 Å². The molecule has 0 spiro atoms. The zero-order valence-corrected chi connectivity index (χ0v) is 11.4. The van der Waals surface area contributed by atoms with E-state index in [1.165, 1.54) is 18.2 Å². The number of benzene rings is 2. The Morgan fingerprint density at radius 3 is 2.57 bits per heavy atom. The first-order chi connectivity index (χ1) is 10.0. The number of phenols is 1. The van der Waals surface area contributed by atoms with Crippen LogP contribution in [0.4, 0.5) is 4.39 Å². The van der Waals surface area contributed by atoms with Crippen LogP contribution in [0.15, 0.2) is 51.7 Å². The Bertz CT molecular complexity index is 864. The maximum Gasteiger partial charge on any atom is 0.340 e. The van der Waals surface area contributed by atoms with E-state index in [1.807, 2.05) is 6.92 Å². The predicted molar refractivity (Wildman–Crippen MR) is 78.1 cm³/mol. The Balaban J connectivity index is 2.12. The molecule has 0 fully saturated rings. The highest BCUT2D eigenvalue weighted by atomic mass is 19.1. The molecule has 3 rings (SSSR count). The third-order valence-corrected chi connectivity index (χ3v) is 3.57. The Morgan fingerprint density at radius 2 is 1.86 bits per heavy atom. The smallest absolute Gasteiger partial charge is 0.340 e. The van der Waals surface area contributed by atoms with Gasteiger partial charge in [0.05, 0.1) is 0 Å². The Morgan fingerprint density at radius 1 is 1.14 bits per heavy atom. The van der Waals surface area contributed by atoms with Crippen LogP contribution in [0.3, 0.4) is 0 Å². The maximum atomic E-state index is 12.9. The Hall–Kier alpha value is -2.62. The van der Waals surface area contributed by atoms with Crippen LogP contribution < -0.4 is 5.63 Å². The van der Waals surface area contributed by atoms with Gasteiger partial charge in [-0.2, -0.15) is 0 Å². The number of rotatable bonds is 2. The highest BCUT2D eigenvalue weighted by Crippen LogP contribution is 2.24. The third-order valence-electron chi connectivity index (χ3n) is 3.57. The van der Waals surface area contributed by atoms with E-state index in [2.05, 4.69) is 0 Å². The highest BCUT2D eigenvalue weighted by Gasteiger charge is 2.12. The number of hydrogen-bond donors (Lipinski definition) is 1. The van der Waals surface area contributed by atoms with Gasteiger partial charge in [-0.15, -0.1) is 0 Å². The second-order valence-corrected chi connectivity index (χ2v) is 4.98. The van der Waals surface area contributed by atoms with Crippen LogP contribution in [0.2, 0.25) is 0 Å². The number of aryl methyl sites for hydroxylation is 1. The van der Waals surface area contributed by atoms with Gasteiger partial charge in [-0.3, -0.25) is 0 Å². The average molecular weight is 284 g/mol. The minimum Gasteiger partial charge on any atom is -0.508 e. The molecule has 1 heterocycles. The van der Waals surface area contributed by atoms with Crippen molar-refractivity contribution < 1.29 is 13.9 Å². The van der Waals surface area contributed by atoms with Crippen LogP contribution in [0.25, 0.3) is 11.0 Å². The summed E-state index contributed by atoms with van der Waals surface area (Å²) in [6, 6.07) is 10.7. The molecule has 0 unspecified atom stereocenters. The summed E-state index contributed by atoms with van der Waals surface area (Å²) >= 11 is 0. The van der Waals surface area contributed by atoms with E-state index in [9.17, 15) is 14.3 Å². The summed E-state index contributed by atoms with van der Waals surface area (Å²) in [7, 11) is 0. The lowest BCUT2D eigenvalue weighted by atomic mass is 9.99. The molecular formula is C17H13FO3. The molecule has 106 valence electrons. The van der Waals surface area contributed by atoms with E-state index >= 15 is 0 Å². The van der Waals surface area contributed by atoms with Crippen LogP contribution in [-0.2, 0) is 6.42 Å². The molecule has 21 heavy (non-hydrogen) atoms. The van der Waals surface area contributed by atoms with Gasteiger partial charge in [0.25, 0.3) is 0 Å². The average Bonchev–Trinajstić information content (AvgIpc) is 2.45. The molecule has 0 aliphatic carbocycles. The first-order valence-electron chi connectivity index (χ1n) is 6.54.